The van der Waals surface area contributed by atoms with Crippen LogP contribution in [-0.2, 0) is 22.7 Å². The Hall–Kier alpha value is -2.90. The summed E-state index contributed by atoms with van der Waals surface area (Å²) < 4.78 is 11.6. The number of ether oxygens (including phenoxy) is 2. The number of rotatable bonds is 4. The van der Waals surface area contributed by atoms with Crippen LogP contribution in [0.2, 0.25) is 0 Å². The first-order valence-corrected chi connectivity index (χ1v) is 14.6. The van der Waals surface area contributed by atoms with Gasteiger partial charge < -0.3 is 19.7 Å². The molecule has 2 aliphatic rings. The highest BCUT2D eigenvalue weighted by Gasteiger charge is 2.27. The summed E-state index contributed by atoms with van der Waals surface area (Å²) in [4.78, 5) is 9.61. The number of fused-ring (bicyclic) bond motifs is 2. The molecular formula is C34H42N2O4. The molecule has 4 atom stereocenters. The molecule has 212 valence electrons. The molecule has 2 aromatic carbocycles. The van der Waals surface area contributed by atoms with E-state index in [0.717, 1.165) is 70.0 Å². The molecule has 0 spiro atoms. The Kier molecular flexibility index (Phi) is 9.11. The van der Waals surface area contributed by atoms with E-state index in [0.29, 0.717) is 36.3 Å². The lowest BCUT2D eigenvalue weighted by Gasteiger charge is -2.31. The summed E-state index contributed by atoms with van der Waals surface area (Å²) in [7, 11) is 0. The van der Waals surface area contributed by atoms with Crippen LogP contribution in [0.4, 0.5) is 0 Å². The number of pyridine rings is 2. The van der Waals surface area contributed by atoms with Gasteiger partial charge in [0.15, 0.2) is 0 Å². The van der Waals surface area contributed by atoms with Crippen LogP contribution in [-0.4, -0.2) is 44.6 Å². The third-order valence-corrected chi connectivity index (χ3v) is 8.15. The Bertz CT molecular complexity index is 1310. The minimum Gasteiger partial charge on any atom is -0.392 e. The lowest BCUT2D eigenvalue weighted by Crippen LogP contribution is -2.28. The fourth-order valence-electron chi connectivity index (χ4n) is 6.33. The van der Waals surface area contributed by atoms with Gasteiger partial charge in [0.2, 0.25) is 0 Å². The number of hydrogen-bond acceptors (Lipinski definition) is 6. The van der Waals surface area contributed by atoms with Gasteiger partial charge in [-0.25, -0.2) is 0 Å². The molecule has 6 heteroatoms. The number of aliphatic hydroxyl groups is 2. The summed E-state index contributed by atoms with van der Waals surface area (Å²) in [6.45, 7) is 8.70. The van der Waals surface area contributed by atoms with Gasteiger partial charge in [0.1, 0.15) is 0 Å². The summed E-state index contributed by atoms with van der Waals surface area (Å²) >= 11 is 0. The maximum absolute atomic E-state index is 9.18. The predicted octanol–water partition coefficient (Wildman–Crippen LogP) is 6.80. The third-order valence-electron chi connectivity index (χ3n) is 8.15. The van der Waals surface area contributed by atoms with Gasteiger partial charge in [-0.05, 0) is 101 Å². The zero-order chi connectivity index (χ0) is 28.2. The SMILES string of the molecule is CC1CC(c2ccc3cc(CO)ccc3n2)CC(C)O1.C[C@@H]1CC(c2ccc3cc(CO)ccc3n2)C[C@@H](C)O1. The van der Waals surface area contributed by atoms with Crippen LogP contribution in [0.25, 0.3) is 21.8 Å². The Balaban J connectivity index is 0.000000161. The highest BCUT2D eigenvalue weighted by atomic mass is 16.5. The van der Waals surface area contributed by atoms with Gasteiger partial charge in [-0.3, -0.25) is 9.97 Å². The fraction of sp³-hybridized carbons (Fsp3) is 0.471. The van der Waals surface area contributed by atoms with E-state index >= 15 is 0 Å². The van der Waals surface area contributed by atoms with E-state index in [1.807, 2.05) is 36.4 Å². The standard InChI is InChI=1S/2C17H21NO2/c2*1-11-7-15(8-12(2)20-11)17-6-4-14-9-13(10-19)3-5-16(14)18-17/h2*3-6,9,11-12,15,19H,7-8,10H2,1-2H3/t11-,12-;/m1./s1. The van der Waals surface area contributed by atoms with E-state index in [9.17, 15) is 10.2 Å². The van der Waals surface area contributed by atoms with Crippen molar-refractivity contribution in [2.45, 2.75) is 103 Å². The Morgan fingerprint density at radius 1 is 0.575 bits per heavy atom. The molecule has 2 fully saturated rings. The van der Waals surface area contributed by atoms with E-state index < -0.39 is 0 Å². The molecule has 4 heterocycles. The quantitative estimate of drug-likeness (QED) is 0.295. The number of aliphatic hydroxyl groups excluding tert-OH is 2. The summed E-state index contributed by atoms with van der Waals surface area (Å²) in [5, 5.41) is 20.5. The van der Waals surface area contributed by atoms with Crippen molar-refractivity contribution >= 4 is 21.8 Å². The van der Waals surface area contributed by atoms with E-state index in [1.165, 1.54) is 0 Å². The van der Waals surface area contributed by atoms with Gasteiger partial charge in [0.25, 0.3) is 0 Å². The molecule has 2 saturated heterocycles. The molecule has 0 saturated carbocycles. The van der Waals surface area contributed by atoms with Crippen LogP contribution in [0, 0.1) is 0 Å². The molecule has 0 amide bonds. The molecule has 2 unspecified atom stereocenters. The summed E-state index contributed by atoms with van der Waals surface area (Å²) in [5.74, 6) is 0.964. The van der Waals surface area contributed by atoms with Crippen molar-refractivity contribution in [1.82, 2.24) is 9.97 Å². The molecule has 4 aromatic rings. The molecule has 40 heavy (non-hydrogen) atoms. The molecule has 0 aliphatic carbocycles. The first kappa shape index (κ1) is 28.6. The van der Waals surface area contributed by atoms with Crippen LogP contribution in [0.1, 0.15) is 87.7 Å². The average Bonchev–Trinajstić information content (AvgIpc) is 2.95. The van der Waals surface area contributed by atoms with E-state index in [2.05, 4.69) is 52.0 Å². The largest absolute Gasteiger partial charge is 0.392 e. The van der Waals surface area contributed by atoms with Crippen molar-refractivity contribution in [3.8, 4) is 0 Å². The van der Waals surface area contributed by atoms with Gasteiger partial charge in [-0.1, -0.05) is 24.3 Å². The van der Waals surface area contributed by atoms with Crippen LogP contribution in [0.15, 0.2) is 60.7 Å². The first-order valence-electron chi connectivity index (χ1n) is 14.6. The van der Waals surface area contributed by atoms with Gasteiger partial charge in [0.05, 0.1) is 48.7 Å². The molecular weight excluding hydrogens is 500 g/mol. The highest BCUT2D eigenvalue weighted by Crippen LogP contribution is 2.34. The lowest BCUT2D eigenvalue weighted by molar-refractivity contribution is -0.0387. The monoisotopic (exact) mass is 542 g/mol. The van der Waals surface area contributed by atoms with Crippen molar-refractivity contribution in [3.63, 3.8) is 0 Å². The summed E-state index contributed by atoms with van der Waals surface area (Å²) in [6, 6.07) is 20.3. The average molecular weight is 543 g/mol. The second kappa shape index (κ2) is 12.7. The second-order valence-corrected chi connectivity index (χ2v) is 11.7. The van der Waals surface area contributed by atoms with Crippen LogP contribution < -0.4 is 0 Å². The van der Waals surface area contributed by atoms with Crippen LogP contribution in [0.3, 0.4) is 0 Å². The van der Waals surface area contributed by atoms with Crippen molar-refractivity contribution in [1.29, 1.82) is 0 Å². The molecule has 2 N–H and O–H groups in total. The molecule has 0 bridgehead atoms. The Labute approximate surface area is 237 Å². The predicted molar refractivity (Wildman–Crippen MR) is 159 cm³/mol. The zero-order valence-electron chi connectivity index (χ0n) is 24.1. The highest BCUT2D eigenvalue weighted by molar-refractivity contribution is 5.80. The molecule has 2 aromatic heterocycles. The second-order valence-electron chi connectivity index (χ2n) is 11.7. The molecule has 0 radical (unpaired) electrons. The maximum atomic E-state index is 9.18. The van der Waals surface area contributed by atoms with E-state index in [1.54, 1.807) is 0 Å². The third kappa shape index (κ3) is 6.87. The topological polar surface area (TPSA) is 84.7 Å². The molecule has 6 nitrogen and oxygen atoms in total. The van der Waals surface area contributed by atoms with Gasteiger partial charge >= 0.3 is 0 Å². The number of nitrogens with zero attached hydrogens (tertiary/aromatic N) is 2. The number of hydrogen-bond donors (Lipinski definition) is 2. The van der Waals surface area contributed by atoms with E-state index in [4.69, 9.17) is 19.4 Å². The van der Waals surface area contributed by atoms with Crippen molar-refractivity contribution in [2.24, 2.45) is 0 Å². The Morgan fingerprint density at radius 3 is 1.30 bits per heavy atom. The normalized spacial score (nSPS) is 26.9. The fourth-order valence-corrected chi connectivity index (χ4v) is 6.33. The van der Waals surface area contributed by atoms with Crippen molar-refractivity contribution < 1.29 is 19.7 Å². The number of aromatic nitrogens is 2. The summed E-state index contributed by atoms with van der Waals surface area (Å²) in [5.41, 5.74) is 6.20. The van der Waals surface area contributed by atoms with Crippen LogP contribution in [0.5, 0.6) is 0 Å². The molecule has 2 aliphatic heterocycles. The lowest BCUT2D eigenvalue weighted by atomic mass is 9.89. The van der Waals surface area contributed by atoms with Gasteiger partial charge in [-0.2, -0.15) is 0 Å². The maximum Gasteiger partial charge on any atom is 0.0705 e. The van der Waals surface area contributed by atoms with Crippen LogP contribution >= 0.6 is 0 Å². The first-order chi connectivity index (χ1) is 19.3. The summed E-state index contributed by atoms with van der Waals surface area (Å²) in [6.07, 6.45) is 5.37. The van der Waals surface area contributed by atoms with Crippen molar-refractivity contribution in [3.05, 3.63) is 83.2 Å². The zero-order valence-corrected chi connectivity index (χ0v) is 24.1. The Morgan fingerprint density at radius 2 is 0.950 bits per heavy atom. The van der Waals surface area contributed by atoms with Gasteiger partial charge in [-0.15, -0.1) is 0 Å². The van der Waals surface area contributed by atoms with Crippen molar-refractivity contribution in [2.75, 3.05) is 0 Å². The van der Waals surface area contributed by atoms with E-state index in [-0.39, 0.29) is 13.2 Å². The molecule has 6 rings (SSSR count). The number of benzene rings is 2. The minimum atomic E-state index is 0.0761. The smallest absolute Gasteiger partial charge is 0.0705 e. The minimum absolute atomic E-state index is 0.0761. The van der Waals surface area contributed by atoms with Gasteiger partial charge in [0, 0.05) is 34.0 Å².